The van der Waals surface area contributed by atoms with Crippen LogP contribution in [0.15, 0.2) is 48.5 Å². The lowest BCUT2D eigenvalue weighted by Crippen LogP contribution is -2.40. The van der Waals surface area contributed by atoms with Gasteiger partial charge in [-0.05, 0) is 49.2 Å². The Hall–Kier alpha value is -2.40. The molecule has 0 aliphatic carbocycles. The highest BCUT2D eigenvalue weighted by molar-refractivity contribution is 5.77. The predicted molar refractivity (Wildman–Crippen MR) is 85.7 cm³/mol. The van der Waals surface area contributed by atoms with Crippen molar-refractivity contribution < 1.29 is 19.0 Å². The molecule has 0 spiro atoms. The number of hydrogen-bond donors (Lipinski definition) is 2. The van der Waals surface area contributed by atoms with Crippen LogP contribution in [0.3, 0.4) is 0 Å². The second-order valence-corrected chi connectivity index (χ2v) is 5.66. The van der Waals surface area contributed by atoms with Crippen molar-refractivity contribution in [3.8, 4) is 5.75 Å². The maximum Gasteiger partial charge on any atom is 0.258 e. The quantitative estimate of drug-likeness (QED) is 0.861. The molecule has 0 aromatic heterocycles. The maximum absolute atomic E-state index is 12.9. The van der Waals surface area contributed by atoms with Crippen molar-refractivity contribution >= 4 is 5.91 Å². The number of amides is 1. The first-order valence-corrected chi connectivity index (χ1v) is 7.31. The minimum atomic E-state index is -1.29. The van der Waals surface area contributed by atoms with Crippen molar-refractivity contribution in [3.63, 3.8) is 0 Å². The van der Waals surface area contributed by atoms with E-state index in [0.717, 1.165) is 5.56 Å². The lowest BCUT2D eigenvalue weighted by Gasteiger charge is -2.24. The van der Waals surface area contributed by atoms with E-state index < -0.39 is 5.60 Å². The molecule has 23 heavy (non-hydrogen) atoms. The highest BCUT2D eigenvalue weighted by Crippen LogP contribution is 2.19. The molecule has 1 amide bonds. The first-order valence-electron chi connectivity index (χ1n) is 7.31. The number of benzene rings is 2. The van der Waals surface area contributed by atoms with Gasteiger partial charge in [-0.15, -0.1) is 0 Å². The summed E-state index contributed by atoms with van der Waals surface area (Å²) < 4.78 is 18.3. The molecule has 0 aliphatic heterocycles. The minimum absolute atomic E-state index is 0.00857. The number of ether oxygens (including phenoxy) is 1. The molecule has 0 fully saturated rings. The standard InChI is InChI=1S/C18H20FNO3/c1-13-4-3-5-16(10-13)23-11-17(21)20-12-18(2,22)14-6-8-15(19)9-7-14/h3-10,22H,11-12H2,1-2H3,(H,20,21). The molecule has 0 saturated carbocycles. The van der Waals surface area contributed by atoms with Gasteiger partial charge in [-0.25, -0.2) is 4.39 Å². The molecule has 0 bridgehead atoms. The molecule has 2 N–H and O–H groups in total. The number of halogens is 1. The number of carbonyl (C=O) groups excluding carboxylic acids is 1. The summed E-state index contributed by atoms with van der Waals surface area (Å²) in [5, 5.41) is 13.0. The van der Waals surface area contributed by atoms with Crippen LogP contribution in [-0.2, 0) is 10.4 Å². The number of hydrogen-bond acceptors (Lipinski definition) is 3. The lowest BCUT2D eigenvalue weighted by atomic mass is 9.96. The van der Waals surface area contributed by atoms with Gasteiger partial charge in [0.1, 0.15) is 17.2 Å². The van der Waals surface area contributed by atoms with E-state index in [9.17, 15) is 14.3 Å². The Morgan fingerprint density at radius 2 is 1.96 bits per heavy atom. The highest BCUT2D eigenvalue weighted by Gasteiger charge is 2.23. The Morgan fingerprint density at radius 3 is 2.61 bits per heavy atom. The molecule has 2 aromatic carbocycles. The molecule has 0 saturated heterocycles. The van der Waals surface area contributed by atoms with Crippen LogP contribution in [0.2, 0.25) is 0 Å². The van der Waals surface area contributed by atoms with E-state index in [1.165, 1.54) is 24.3 Å². The minimum Gasteiger partial charge on any atom is -0.484 e. The number of nitrogens with one attached hydrogen (secondary N) is 1. The molecular weight excluding hydrogens is 297 g/mol. The van der Waals surface area contributed by atoms with Gasteiger partial charge < -0.3 is 15.2 Å². The molecule has 122 valence electrons. The van der Waals surface area contributed by atoms with Crippen molar-refractivity contribution in [2.24, 2.45) is 0 Å². The molecular formula is C18H20FNO3. The van der Waals surface area contributed by atoms with E-state index >= 15 is 0 Å². The van der Waals surface area contributed by atoms with Gasteiger partial charge in [-0.3, -0.25) is 4.79 Å². The normalized spacial score (nSPS) is 13.2. The highest BCUT2D eigenvalue weighted by atomic mass is 19.1. The van der Waals surface area contributed by atoms with Crippen LogP contribution in [0.25, 0.3) is 0 Å². The Balaban J connectivity index is 1.84. The Kier molecular flexibility index (Phi) is 5.34. The molecule has 5 heteroatoms. The zero-order valence-electron chi connectivity index (χ0n) is 13.2. The van der Waals surface area contributed by atoms with Crippen LogP contribution in [0, 0.1) is 12.7 Å². The zero-order chi connectivity index (χ0) is 16.9. The van der Waals surface area contributed by atoms with Gasteiger partial charge >= 0.3 is 0 Å². The third-order valence-corrected chi connectivity index (χ3v) is 3.46. The number of rotatable bonds is 6. The fraction of sp³-hybridized carbons (Fsp3) is 0.278. The molecule has 2 rings (SSSR count). The zero-order valence-corrected chi connectivity index (χ0v) is 13.2. The molecule has 2 aromatic rings. The van der Waals surface area contributed by atoms with Gasteiger partial charge in [-0.1, -0.05) is 24.3 Å². The third kappa shape index (κ3) is 5.07. The van der Waals surface area contributed by atoms with E-state index in [1.54, 1.807) is 13.0 Å². The summed E-state index contributed by atoms with van der Waals surface area (Å²) in [5.74, 6) is -0.0977. The first kappa shape index (κ1) is 17.0. The fourth-order valence-corrected chi connectivity index (χ4v) is 2.09. The van der Waals surface area contributed by atoms with Crippen molar-refractivity contribution in [3.05, 3.63) is 65.5 Å². The summed E-state index contributed by atoms with van der Waals surface area (Å²) in [6.45, 7) is 3.37. The van der Waals surface area contributed by atoms with Crippen LogP contribution < -0.4 is 10.1 Å². The summed E-state index contributed by atoms with van der Waals surface area (Å²) in [5.41, 5.74) is 0.285. The number of aryl methyl sites for hydroxylation is 1. The van der Waals surface area contributed by atoms with Gasteiger partial charge in [0.05, 0.1) is 6.54 Å². The third-order valence-electron chi connectivity index (χ3n) is 3.46. The van der Waals surface area contributed by atoms with E-state index in [-0.39, 0.29) is 24.9 Å². The predicted octanol–water partition coefficient (Wildman–Crippen LogP) is 2.54. The summed E-state index contributed by atoms with van der Waals surface area (Å²) in [6.07, 6.45) is 0. The van der Waals surface area contributed by atoms with E-state index in [4.69, 9.17) is 4.74 Å². The lowest BCUT2D eigenvalue weighted by molar-refractivity contribution is -0.124. The van der Waals surface area contributed by atoms with Gasteiger partial charge in [0.15, 0.2) is 6.61 Å². The molecule has 4 nitrogen and oxygen atoms in total. The van der Waals surface area contributed by atoms with Crippen molar-refractivity contribution in [2.45, 2.75) is 19.4 Å². The molecule has 1 atom stereocenters. The van der Waals surface area contributed by atoms with Crippen molar-refractivity contribution in [1.82, 2.24) is 5.32 Å². The van der Waals surface area contributed by atoms with Gasteiger partial charge in [0, 0.05) is 0 Å². The SMILES string of the molecule is Cc1cccc(OCC(=O)NCC(C)(O)c2ccc(F)cc2)c1. The fourth-order valence-electron chi connectivity index (χ4n) is 2.09. The molecule has 0 radical (unpaired) electrons. The average Bonchev–Trinajstić information content (AvgIpc) is 2.51. The van der Waals surface area contributed by atoms with Gasteiger partial charge in [0.2, 0.25) is 0 Å². The van der Waals surface area contributed by atoms with Crippen LogP contribution >= 0.6 is 0 Å². The molecule has 1 unspecified atom stereocenters. The Morgan fingerprint density at radius 1 is 1.26 bits per heavy atom. The largest absolute Gasteiger partial charge is 0.484 e. The van der Waals surface area contributed by atoms with E-state index in [1.807, 2.05) is 25.1 Å². The summed E-state index contributed by atoms with van der Waals surface area (Å²) in [4.78, 5) is 11.8. The van der Waals surface area contributed by atoms with Crippen LogP contribution in [0.5, 0.6) is 5.75 Å². The summed E-state index contributed by atoms with van der Waals surface area (Å²) in [6, 6.07) is 12.9. The van der Waals surface area contributed by atoms with Crippen LogP contribution in [0.4, 0.5) is 4.39 Å². The van der Waals surface area contributed by atoms with E-state index in [2.05, 4.69) is 5.32 Å². The van der Waals surface area contributed by atoms with Gasteiger partial charge in [-0.2, -0.15) is 0 Å². The van der Waals surface area contributed by atoms with Crippen molar-refractivity contribution in [2.75, 3.05) is 13.2 Å². The van der Waals surface area contributed by atoms with Crippen LogP contribution in [-0.4, -0.2) is 24.2 Å². The van der Waals surface area contributed by atoms with Crippen LogP contribution in [0.1, 0.15) is 18.1 Å². The van der Waals surface area contributed by atoms with E-state index in [0.29, 0.717) is 11.3 Å². The first-order chi connectivity index (χ1) is 10.9. The smallest absolute Gasteiger partial charge is 0.258 e. The average molecular weight is 317 g/mol. The number of aliphatic hydroxyl groups is 1. The maximum atomic E-state index is 12.9. The Bertz CT molecular complexity index is 668. The molecule has 0 heterocycles. The van der Waals surface area contributed by atoms with Crippen molar-refractivity contribution in [1.29, 1.82) is 0 Å². The topological polar surface area (TPSA) is 58.6 Å². The second kappa shape index (κ2) is 7.24. The monoisotopic (exact) mass is 317 g/mol. The molecule has 0 aliphatic rings. The van der Waals surface area contributed by atoms with Gasteiger partial charge in [0.25, 0.3) is 5.91 Å². The number of carbonyl (C=O) groups is 1. The summed E-state index contributed by atoms with van der Waals surface area (Å²) >= 11 is 0. The Labute approximate surface area is 134 Å². The summed E-state index contributed by atoms with van der Waals surface area (Å²) in [7, 11) is 0. The second-order valence-electron chi connectivity index (χ2n) is 5.66.